The van der Waals surface area contributed by atoms with Crippen LogP contribution in [0.15, 0.2) is 65.3 Å². The van der Waals surface area contributed by atoms with E-state index in [-0.39, 0.29) is 5.91 Å². The average molecular weight is 439 g/mol. The number of anilines is 1. The fourth-order valence-electron chi connectivity index (χ4n) is 3.11. The van der Waals surface area contributed by atoms with Gasteiger partial charge >= 0.3 is 0 Å². The number of rotatable bonds is 4. The maximum absolute atomic E-state index is 13.2. The van der Waals surface area contributed by atoms with Crippen LogP contribution in [0.3, 0.4) is 0 Å². The lowest BCUT2D eigenvalue weighted by Gasteiger charge is -2.20. The van der Waals surface area contributed by atoms with Gasteiger partial charge in [0.1, 0.15) is 18.1 Å². The number of amides is 1. The first-order chi connectivity index (χ1) is 14.7. The van der Waals surface area contributed by atoms with Gasteiger partial charge in [0, 0.05) is 17.7 Å². The molecule has 3 heterocycles. The summed E-state index contributed by atoms with van der Waals surface area (Å²) in [5.74, 6) is 1.40. The second-order valence-corrected chi connectivity index (χ2v) is 7.88. The van der Waals surface area contributed by atoms with E-state index in [9.17, 15) is 4.79 Å². The molecule has 0 radical (unpaired) electrons. The van der Waals surface area contributed by atoms with Gasteiger partial charge in [-0.2, -0.15) is 0 Å². The van der Waals surface area contributed by atoms with Gasteiger partial charge in [0.15, 0.2) is 22.3 Å². The van der Waals surface area contributed by atoms with Crippen LogP contribution in [0, 0.1) is 0 Å². The average Bonchev–Trinajstić information content (AvgIpc) is 3.45. The molecule has 0 atom stereocenters. The smallest absolute Gasteiger partial charge is 0.268 e. The van der Waals surface area contributed by atoms with Crippen molar-refractivity contribution in [2.45, 2.75) is 0 Å². The van der Waals surface area contributed by atoms with Gasteiger partial charge < -0.3 is 19.2 Å². The number of carbonyl (C=O) groups excluding carboxylic acids is 1. The Morgan fingerprint density at radius 2 is 1.80 bits per heavy atom. The van der Waals surface area contributed by atoms with Crippen molar-refractivity contribution >= 4 is 34.5 Å². The highest BCUT2D eigenvalue weighted by molar-refractivity contribution is 7.17. The number of fused-ring (bicyclic) bond motifs is 1. The van der Waals surface area contributed by atoms with Crippen molar-refractivity contribution in [2.75, 3.05) is 18.5 Å². The Bertz CT molecular complexity index is 1210. The molecule has 0 fully saturated rings. The number of carbonyl (C=O) groups is 1. The Balaban J connectivity index is 1.52. The van der Waals surface area contributed by atoms with E-state index in [2.05, 4.69) is 10.3 Å². The quantitative estimate of drug-likeness (QED) is 0.439. The fourth-order valence-corrected chi connectivity index (χ4v) is 4.26. The minimum absolute atomic E-state index is 0.317. The number of thiazole rings is 1. The van der Waals surface area contributed by atoms with Crippen molar-refractivity contribution in [1.82, 2.24) is 4.98 Å². The van der Waals surface area contributed by atoms with Gasteiger partial charge in [-0.3, -0.25) is 4.79 Å². The molecular formula is C22H15ClN2O4S. The third-order valence-corrected chi connectivity index (χ3v) is 5.87. The first kappa shape index (κ1) is 18.7. The third-order valence-electron chi connectivity index (χ3n) is 4.49. The van der Waals surface area contributed by atoms with Crippen molar-refractivity contribution in [2.24, 2.45) is 0 Å². The Labute approximate surface area is 181 Å². The molecule has 150 valence electrons. The highest BCUT2D eigenvalue weighted by Gasteiger charge is 2.23. The Hall–Kier alpha value is -3.29. The molecule has 0 saturated carbocycles. The molecule has 0 saturated heterocycles. The topological polar surface area (TPSA) is 73.6 Å². The minimum Gasteiger partial charge on any atom is -0.486 e. The highest BCUT2D eigenvalue weighted by Crippen LogP contribution is 2.39. The maximum Gasteiger partial charge on any atom is 0.268 e. The largest absolute Gasteiger partial charge is 0.486 e. The van der Waals surface area contributed by atoms with Gasteiger partial charge in [-0.1, -0.05) is 41.9 Å². The summed E-state index contributed by atoms with van der Waals surface area (Å²) in [4.78, 5) is 18.3. The number of aromatic nitrogens is 1. The molecule has 8 heteroatoms. The summed E-state index contributed by atoms with van der Waals surface area (Å²) >= 11 is 7.62. The molecule has 1 amide bonds. The van der Waals surface area contributed by atoms with Crippen LogP contribution in [0.4, 0.5) is 5.69 Å². The summed E-state index contributed by atoms with van der Waals surface area (Å²) < 4.78 is 16.6. The van der Waals surface area contributed by atoms with Crippen LogP contribution >= 0.6 is 22.9 Å². The van der Waals surface area contributed by atoms with Gasteiger partial charge in [-0.25, -0.2) is 4.98 Å². The van der Waals surface area contributed by atoms with E-state index in [0.717, 1.165) is 5.56 Å². The van der Waals surface area contributed by atoms with Gasteiger partial charge in [-0.05, 0) is 12.1 Å². The van der Waals surface area contributed by atoms with Crippen LogP contribution in [0.1, 0.15) is 9.67 Å². The van der Waals surface area contributed by atoms with Gasteiger partial charge in [0.2, 0.25) is 0 Å². The molecule has 4 aromatic rings. The summed E-state index contributed by atoms with van der Waals surface area (Å²) in [7, 11) is 0. The molecule has 30 heavy (non-hydrogen) atoms. The molecular weight excluding hydrogens is 424 g/mol. The zero-order valence-corrected chi connectivity index (χ0v) is 17.1. The Morgan fingerprint density at radius 1 is 1.03 bits per heavy atom. The first-order valence-corrected chi connectivity index (χ1v) is 10.4. The van der Waals surface area contributed by atoms with Crippen molar-refractivity contribution in [3.63, 3.8) is 0 Å². The van der Waals surface area contributed by atoms with E-state index in [1.807, 2.05) is 36.4 Å². The second kappa shape index (κ2) is 7.85. The predicted octanol–water partition coefficient (Wildman–Crippen LogP) is 5.75. The fraction of sp³-hybridized carbons (Fsp3) is 0.0909. The monoisotopic (exact) mass is 438 g/mol. The van der Waals surface area contributed by atoms with Gasteiger partial charge in [0.25, 0.3) is 5.91 Å². The number of hydrogen-bond acceptors (Lipinski definition) is 6. The van der Waals surface area contributed by atoms with E-state index in [1.54, 1.807) is 24.5 Å². The van der Waals surface area contributed by atoms with Crippen LogP contribution < -0.4 is 14.8 Å². The van der Waals surface area contributed by atoms with Crippen LogP contribution in [-0.4, -0.2) is 24.1 Å². The zero-order chi connectivity index (χ0) is 20.5. The van der Waals surface area contributed by atoms with Crippen LogP contribution in [0.2, 0.25) is 5.02 Å². The molecule has 2 aromatic carbocycles. The van der Waals surface area contributed by atoms with Crippen molar-refractivity contribution in [3.8, 4) is 33.5 Å². The number of hydrogen-bond donors (Lipinski definition) is 1. The van der Waals surface area contributed by atoms with E-state index in [0.29, 0.717) is 56.8 Å². The second-order valence-electron chi connectivity index (χ2n) is 6.47. The standard InChI is InChI=1S/C22H15ClN2O4S/c23-14-11-17-18(29-10-9-28-17)12-15(14)24-21(26)20-19(13-5-2-1-3-6-13)25-22(30-20)16-7-4-8-27-16/h1-8,11-12H,9-10H2,(H,24,26). The summed E-state index contributed by atoms with van der Waals surface area (Å²) in [6.07, 6.45) is 1.58. The van der Waals surface area contributed by atoms with Crippen molar-refractivity contribution < 1.29 is 18.7 Å². The first-order valence-electron chi connectivity index (χ1n) is 9.19. The highest BCUT2D eigenvalue weighted by atomic mass is 35.5. The number of furan rings is 1. The molecule has 0 unspecified atom stereocenters. The lowest BCUT2D eigenvalue weighted by molar-refractivity contribution is 0.103. The number of ether oxygens (including phenoxy) is 2. The Morgan fingerprint density at radius 3 is 2.53 bits per heavy atom. The molecule has 0 spiro atoms. The third kappa shape index (κ3) is 3.53. The normalized spacial score (nSPS) is 12.6. The molecule has 1 aliphatic heterocycles. The van der Waals surface area contributed by atoms with E-state index in [1.165, 1.54) is 11.3 Å². The van der Waals surface area contributed by atoms with Crippen molar-refractivity contribution in [3.05, 3.63) is 70.8 Å². The predicted molar refractivity (Wildman–Crippen MR) is 116 cm³/mol. The summed E-state index contributed by atoms with van der Waals surface area (Å²) in [6.45, 7) is 0.910. The number of halogens is 1. The van der Waals surface area contributed by atoms with Crippen LogP contribution in [0.5, 0.6) is 11.5 Å². The summed E-state index contributed by atoms with van der Waals surface area (Å²) in [5.41, 5.74) is 1.86. The molecule has 6 nitrogen and oxygen atoms in total. The van der Waals surface area contributed by atoms with Crippen LogP contribution in [0.25, 0.3) is 22.0 Å². The summed E-state index contributed by atoms with van der Waals surface area (Å²) in [6, 6.07) is 16.5. The van der Waals surface area contributed by atoms with E-state index in [4.69, 9.17) is 25.5 Å². The van der Waals surface area contributed by atoms with Crippen molar-refractivity contribution in [1.29, 1.82) is 0 Å². The number of benzene rings is 2. The molecule has 1 aliphatic rings. The van der Waals surface area contributed by atoms with E-state index >= 15 is 0 Å². The molecule has 0 bridgehead atoms. The molecule has 2 aromatic heterocycles. The molecule has 0 aliphatic carbocycles. The van der Waals surface area contributed by atoms with Gasteiger partial charge in [-0.15, -0.1) is 11.3 Å². The number of nitrogens with one attached hydrogen (secondary N) is 1. The maximum atomic E-state index is 13.2. The Kier molecular flexibility index (Phi) is 4.90. The molecule has 5 rings (SSSR count). The number of nitrogens with zero attached hydrogens (tertiary/aromatic N) is 1. The summed E-state index contributed by atoms with van der Waals surface area (Å²) in [5, 5.41) is 3.87. The molecule has 1 N–H and O–H groups in total. The van der Waals surface area contributed by atoms with Gasteiger partial charge in [0.05, 0.1) is 22.7 Å². The SMILES string of the molecule is O=C(Nc1cc2c(cc1Cl)OCCO2)c1sc(-c2ccco2)nc1-c1ccccc1. The van der Waals surface area contributed by atoms with Crippen LogP contribution in [-0.2, 0) is 0 Å². The zero-order valence-electron chi connectivity index (χ0n) is 15.6. The lowest BCUT2D eigenvalue weighted by Crippen LogP contribution is -2.16. The minimum atomic E-state index is -0.317. The van der Waals surface area contributed by atoms with E-state index < -0.39 is 0 Å². The lowest BCUT2D eigenvalue weighted by atomic mass is 10.1.